The highest BCUT2D eigenvalue weighted by atomic mass is 35.5. The van der Waals surface area contributed by atoms with Gasteiger partial charge in [-0.2, -0.15) is 5.10 Å². The zero-order valence-electron chi connectivity index (χ0n) is 11.7. The Kier molecular flexibility index (Phi) is 5.37. The fourth-order valence-corrected chi connectivity index (χ4v) is 2.07. The van der Waals surface area contributed by atoms with Crippen molar-refractivity contribution < 1.29 is 14.1 Å². The van der Waals surface area contributed by atoms with Gasteiger partial charge in [-0.05, 0) is 12.1 Å². The summed E-state index contributed by atoms with van der Waals surface area (Å²) in [6.45, 7) is 0. The van der Waals surface area contributed by atoms with Crippen molar-refractivity contribution in [3.8, 4) is 0 Å². The van der Waals surface area contributed by atoms with Gasteiger partial charge in [-0.1, -0.05) is 35.9 Å². The Hall–Kier alpha value is -2.80. The van der Waals surface area contributed by atoms with Crippen LogP contribution in [0.3, 0.4) is 0 Å². The first-order valence-corrected chi connectivity index (χ1v) is 6.85. The first kappa shape index (κ1) is 16.6. The Morgan fingerprint density at radius 3 is 2.74 bits per heavy atom. The molecule has 2 aromatic rings. The van der Waals surface area contributed by atoms with Gasteiger partial charge >= 0.3 is 0 Å². The number of halogens is 2. The maximum Gasteiger partial charge on any atom is 0.273 e. The number of benzene rings is 2. The molecule has 0 heterocycles. The van der Waals surface area contributed by atoms with Crippen LogP contribution >= 0.6 is 11.6 Å². The molecule has 0 saturated carbocycles. The SMILES string of the molecule is O=C(Cc1ccccc1[N+](=O)[O-])N/N=C/c1c(F)cccc1Cl. The predicted molar refractivity (Wildman–Crippen MR) is 83.9 cm³/mol. The van der Waals surface area contributed by atoms with Crippen molar-refractivity contribution in [3.05, 3.63) is 74.5 Å². The van der Waals surface area contributed by atoms with Crippen molar-refractivity contribution in [1.82, 2.24) is 5.43 Å². The van der Waals surface area contributed by atoms with Crippen molar-refractivity contribution in [2.75, 3.05) is 0 Å². The lowest BCUT2D eigenvalue weighted by Gasteiger charge is -2.02. The topological polar surface area (TPSA) is 84.6 Å². The van der Waals surface area contributed by atoms with Gasteiger partial charge < -0.3 is 0 Å². The van der Waals surface area contributed by atoms with E-state index in [1.54, 1.807) is 6.07 Å². The highest BCUT2D eigenvalue weighted by molar-refractivity contribution is 6.33. The lowest BCUT2D eigenvalue weighted by molar-refractivity contribution is -0.385. The van der Waals surface area contributed by atoms with Gasteiger partial charge in [0.15, 0.2) is 0 Å². The minimum atomic E-state index is -0.575. The number of hydrazone groups is 1. The molecule has 1 amide bonds. The molecule has 0 aliphatic rings. The third-order valence-electron chi connectivity index (χ3n) is 2.92. The molecule has 0 saturated heterocycles. The number of hydrogen-bond donors (Lipinski definition) is 1. The van der Waals surface area contributed by atoms with E-state index >= 15 is 0 Å². The van der Waals surface area contributed by atoms with E-state index < -0.39 is 16.6 Å². The van der Waals surface area contributed by atoms with Crippen LogP contribution in [0.25, 0.3) is 0 Å². The summed E-state index contributed by atoms with van der Waals surface area (Å²) >= 11 is 5.81. The normalized spacial score (nSPS) is 10.7. The Balaban J connectivity index is 2.04. The fraction of sp³-hybridized carbons (Fsp3) is 0.0667. The summed E-state index contributed by atoms with van der Waals surface area (Å²) in [7, 11) is 0. The number of hydrogen-bond acceptors (Lipinski definition) is 4. The number of carbonyl (C=O) groups is 1. The van der Waals surface area contributed by atoms with Crippen LogP contribution in [0.15, 0.2) is 47.6 Å². The maximum atomic E-state index is 13.5. The highest BCUT2D eigenvalue weighted by Gasteiger charge is 2.15. The maximum absolute atomic E-state index is 13.5. The molecule has 0 aliphatic carbocycles. The second-order valence-corrected chi connectivity index (χ2v) is 4.90. The average molecular weight is 336 g/mol. The number of para-hydroxylation sites is 1. The molecule has 0 atom stereocenters. The Morgan fingerprint density at radius 1 is 1.30 bits per heavy atom. The Labute approximate surface area is 135 Å². The zero-order valence-corrected chi connectivity index (χ0v) is 12.5. The van der Waals surface area contributed by atoms with E-state index in [0.717, 1.165) is 6.21 Å². The number of carbonyl (C=O) groups excluding carboxylic acids is 1. The third-order valence-corrected chi connectivity index (χ3v) is 3.25. The van der Waals surface area contributed by atoms with Gasteiger partial charge in [0, 0.05) is 17.2 Å². The van der Waals surface area contributed by atoms with Gasteiger partial charge in [0.05, 0.1) is 22.6 Å². The summed E-state index contributed by atoms with van der Waals surface area (Å²) in [5.41, 5.74) is 2.33. The van der Waals surface area contributed by atoms with Crippen LogP contribution in [0, 0.1) is 15.9 Å². The molecule has 0 aromatic heterocycles. The molecule has 0 spiro atoms. The second kappa shape index (κ2) is 7.46. The van der Waals surface area contributed by atoms with Crippen LogP contribution in [0.4, 0.5) is 10.1 Å². The number of nitro groups is 1. The molecular formula is C15H11ClFN3O3. The highest BCUT2D eigenvalue weighted by Crippen LogP contribution is 2.18. The lowest BCUT2D eigenvalue weighted by atomic mass is 10.1. The van der Waals surface area contributed by atoms with E-state index in [1.165, 1.54) is 36.4 Å². The number of nitrogens with zero attached hydrogens (tertiary/aromatic N) is 2. The van der Waals surface area contributed by atoms with E-state index in [0.29, 0.717) is 0 Å². The smallest absolute Gasteiger partial charge is 0.273 e. The van der Waals surface area contributed by atoms with E-state index in [9.17, 15) is 19.3 Å². The summed E-state index contributed by atoms with van der Waals surface area (Å²) in [5.74, 6) is -1.14. The molecule has 2 rings (SSSR count). The number of nitro benzene ring substituents is 1. The molecule has 0 bridgehead atoms. The minimum absolute atomic E-state index is 0.0418. The van der Waals surface area contributed by atoms with Gasteiger partial charge in [0.1, 0.15) is 5.82 Å². The Morgan fingerprint density at radius 2 is 2.04 bits per heavy atom. The summed E-state index contributed by atoms with van der Waals surface area (Å²) in [6, 6.07) is 10.0. The first-order valence-electron chi connectivity index (χ1n) is 6.47. The molecule has 2 aromatic carbocycles. The van der Waals surface area contributed by atoms with Crippen LogP contribution in [0.5, 0.6) is 0 Å². The van der Waals surface area contributed by atoms with Crippen LogP contribution in [-0.2, 0) is 11.2 Å². The van der Waals surface area contributed by atoms with Crippen molar-refractivity contribution in [1.29, 1.82) is 0 Å². The van der Waals surface area contributed by atoms with Crippen molar-refractivity contribution in [3.63, 3.8) is 0 Å². The van der Waals surface area contributed by atoms with E-state index in [-0.39, 0.29) is 28.3 Å². The van der Waals surface area contributed by atoms with Gasteiger partial charge in [-0.15, -0.1) is 0 Å². The summed E-state index contributed by atoms with van der Waals surface area (Å²) in [5, 5.41) is 14.6. The monoisotopic (exact) mass is 335 g/mol. The average Bonchev–Trinajstić information content (AvgIpc) is 2.50. The molecule has 118 valence electrons. The molecule has 0 aliphatic heterocycles. The van der Waals surface area contributed by atoms with Crippen LogP contribution in [-0.4, -0.2) is 17.0 Å². The molecule has 0 unspecified atom stereocenters. The summed E-state index contributed by atoms with van der Waals surface area (Å²) in [6.07, 6.45) is 0.856. The largest absolute Gasteiger partial charge is 0.273 e. The molecule has 0 fully saturated rings. The minimum Gasteiger partial charge on any atom is -0.273 e. The fourth-order valence-electron chi connectivity index (χ4n) is 1.85. The quantitative estimate of drug-likeness (QED) is 0.517. The van der Waals surface area contributed by atoms with E-state index in [1.807, 2.05) is 0 Å². The molecular weight excluding hydrogens is 325 g/mol. The second-order valence-electron chi connectivity index (χ2n) is 4.49. The number of amides is 1. The molecule has 6 nitrogen and oxygen atoms in total. The lowest BCUT2D eigenvalue weighted by Crippen LogP contribution is -2.20. The van der Waals surface area contributed by atoms with Crippen LogP contribution in [0.1, 0.15) is 11.1 Å². The van der Waals surface area contributed by atoms with E-state index in [4.69, 9.17) is 11.6 Å². The predicted octanol–water partition coefficient (Wildman–Crippen LogP) is 3.08. The molecule has 23 heavy (non-hydrogen) atoms. The first-order chi connectivity index (χ1) is 11.0. The van der Waals surface area contributed by atoms with Gasteiger partial charge in [0.2, 0.25) is 5.91 Å². The Bertz CT molecular complexity index is 760. The summed E-state index contributed by atoms with van der Waals surface area (Å²) < 4.78 is 13.5. The summed E-state index contributed by atoms with van der Waals surface area (Å²) in [4.78, 5) is 22.1. The standard InChI is InChI=1S/C15H11ClFN3O3/c16-12-5-3-6-13(17)11(12)9-18-19-15(21)8-10-4-1-2-7-14(10)20(22)23/h1-7,9H,8H2,(H,19,21)/b18-9+. The van der Waals surface area contributed by atoms with Crippen molar-refractivity contribution in [2.45, 2.75) is 6.42 Å². The number of nitrogens with one attached hydrogen (secondary N) is 1. The molecule has 1 N–H and O–H groups in total. The van der Waals surface area contributed by atoms with Crippen molar-refractivity contribution >= 4 is 29.4 Å². The van der Waals surface area contributed by atoms with Gasteiger partial charge in [-0.3, -0.25) is 14.9 Å². The van der Waals surface area contributed by atoms with Crippen molar-refractivity contribution in [2.24, 2.45) is 5.10 Å². The molecule has 8 heteroatoms. The van der Waals surface area contributed by atoms with Crippen LogP contribution in [0.2, 0.25) is 5.02 Å². The van der Waals surface area contributed by atoms with Gasteiger partial charge in [0.25, 0.3) is 5.69 Å². The zero-order chi connectivity index (χ0) is 16.8. The van der Waals surface area contributed by atoms with Crippen LogP contribution < -0.4 is 5.43 Å². The van der Waals surface area contributed by atoms with Gasteiger partial charge in [-0.25, -0.2) is 9.82 Å². The number of rotatable bonds is 5. The third kappa shape index (κ3) is 4.33. The molecule has 0 radical (unpaired) electrons. The van der Waals surface area contributed by atoms with E-state index in [2.05, 4.69) is 10.5 Å².